The maximum absolute atomic E-state index is 11.2. The Morgan fingerprint density at radius 3 is 2.75 bits per heavy atom. The first-order chi connectivity index (χ1) is 7.54. The molecular formula is C11H13NO4. The third kappa shape index (κ3) is 3.06. The van der Waals surface area contributed by atoms with E-state index in [1.807, 2.05) is 0 Å². The number of carbonyl (C=O) groups excluding carboxylic acids is 1. The highest BCUT2D eigenvalue weighted by atomic mass is 16.5. The van der Waals surface area contributed by atoms with Crippen LogP contribution in [0.15, 0.2) is 24.3 Å². The Labute approximate surface area is 92.8 Å². The first-order valence-corrected chi connectivity index (χ1v) is 4.70. The summed E-state index contributed by atoms with van der Waals surface area (Å²) in [5.41, 5.74) is 6.47. The van der Waals surface area contributed by atoms with Crippen LogP contribution in [0.2, 0.25) is 0 Å². The topological polar surface area (TPSA) is 89.6 Å². The number of hydrogen-bond acceptors (Lipinski definition) is 4. The molecule has 1 atom stereocenters. The quantitative estimate of drug-likeness (QED) is 0.722. The Morgan fingerprint density at radius 2 is 2.19 bits per heavy atom. The first-order valence-electron chi connectivity index (χ1n) is 4.70. The number of ether oxygens (including phenoxy) is 1. The summed E-state index contributed by atoms with van der Waals surface area (Å²) in [4.78, 5) is 21.8. The number of rotatable bonds is 4. The van der Waals surface area contributed by atoms with Gasteiger partial charge in [-0.2, -0.15) is 0 Å². The molecule has 5 heteroatoms. The van der Waals surface area contributed by atoms with Gasteiger partial charge < -0.3 is 15.6 Å². The molecule has 16 heavy (non-hydrogen) atoms. The van der Waals surface area contributed by atoms with Gasteiger partial charge in [-0.25, -0.2) is 4.79 Å². The van der Waals surface area contributed by atoms with Gasteiger partial charge in [0.15, 0.2) is 0 Å². The molecule has 0 aliphatic heterocycles. The fourth-order valence-corrected chi connectivity index (χ4v) is 1.28. The highest BCUT2D eigenvalue weighted by Crippen LogP contribution is 2.08. The van der Waals surface area contributed by atoms with E-state index >= 15 is 0 Å². The molecule has 0 aromatic heterocycles. The van der Waals surface area contributed by atoms with Crippen molar-refractivity contribution in [3.8, 4) is 0 Å². The molecule has 0 unspecified atom stereocenters. The van der Waals surface area contributed by atoms with Crippen LogP contribution in [0.1, 0.15) is 15.9 Å². The smallest absolute Gasteiger partial charge is 0.337 e. The maximum atomic E-state index is 11.2. The fourth-order valence-electron chi connectivity index (χ4n) is 1.28. The molecule has 5 nitrogen and oxygen atoms in total. The summed E-state index contributed by atoms with van der Waals surface area (Å²) in [7, 11) is 1.29. The van der Waals surface area contributed by atoms with E-state index in [-0.39, 0.29) is 6.42 Å². The zero-order chi connectivity index (χ0) is 12.1. The molecule has 1 aromatic carbocycles. The van der Waals surface area contributed by atoms with Gasteiger partial charge in [0, 0.05) is 0 Å². The van der Waals surface area contributed by atoms with Gasteiger partial charge in [-0.15, -0.1) is 0 Å². The van der Waals surface area contributed by atoms with E-state index in [1.165, 1.54) is 7.11 Å². The number of carboxylic acid groups (broad SMARTS) is 1. The minimum atomic E-state index is -1.07. The Balaban J connectivity index is 2.82. The predicted molar refractivity (Wildman–Crippen MR) is 57.1 cm³/mol. The normalized spacial score (nSPS) is 11.9. The van der Waals surface area contributed by atoms with Crippen molar-refractivity contribution < 1.29 is 19.4 Å². The molecule has 0 heterocycles. The Morgan fingerprint density at radius 1 is 1.50 bits per heavy atom. The van der Waals surface area contributed by atoms with Crippen molar-refractivity contribution >= 4 is 11.9 Å². The lowest BCUT2D eigenvalue weighted by atomic mass is 10.0. The summed E-state index contributed by atoms with van der Waals surface area (Å²) in [5.74, 6) is -1.52. The summed E-state index contributed by atoms with van der Waals surface area (Å²) in [5, 5.41) is 8.65. The van der Waals surface area contributed by atoms with E-state index in [2.05, 4.69) is 4.74 Å². The minimum absolute atomic E-state index is 0.181. The Bertz CT molecular complexity index is 403. The van der Waals surface area contributed by atoms with Crippen molar-refractivity contribution in [2.24, 2.45) is 5.73 Å². The molecule has 0 fully saturated rings. The second-order valence-corrected chi connectivity index (χ2v) is 3.34. The molecule has 0 saturated carbocycles. The number of esters is 1. The molecule has 0 radical (unpaired) electrons. The lowest BCUT2D eigenvalue weighted by molar-refractivity contribution is -0.138. The lowest BCUT2D eigenvalue weighted by Gasteiger charge is -2.07. The second kappa shape index (κ2) is 5.27. The SMILES string of the molecule is COC(=O)c1cccc(C[C@@H](N)C(=O)O)c1. The largest absolute Gasteiger partial charge is 0.480 e. The number of nitrogens with two attached hydrogens (primary N) is 1. The van der Waals surface area contributed by atoms with Gasteiger partial charge in [0.05, 0.1) is 12.7 Å². The molecule has 1 aromatic rings. The van der Waals surface area contributed by atoms with E-state index in [4.69, 9.17) is 10.8 Å². The average molecular weight is 223 g/mol. The number of aliphatic carboxylic acids is 1. The van der Waals surface area contributed by atoms with Crippen LogP contribution in [0.3, 0.4) is 0 Å². The van der Waals surface area contributed by atoms with Gasteiger partial charge in [0.2, 0.25) is 0 Å². The van der Waals surface area contributed by atoms with E-state index in [0.29, 0.717) is 11.1 Å². The summed E-state index contributed by atoms with van der Waals surface area (Å²) < 4.78 is 4.56. The standard InChI is InChI=1S/C11H13NO4/c1-16-11(15)8-4-2-3-7(5-8)6-9(12)10(13)14/h2-5,9H,6,12H2,1H3,(H,13,14)/t9-/m1/s1. The third-order valence-electron chi connectivity index (χ3n) is 2.12. The van der Waals surface area contributed by atoms with Gasteiger partial charge in [0.25, 0.3) is 0 Å². The summed E-state index contributed by atoms with van der Waals surface area (Å²) in [6, 6.07) is 5.59. The molecule has 0 amide bonds. The predicted octanol–water partition coefficient (Wildman–Crippen LogP) is 0.428. The van der Waals surface area contributed by atoms with E-state index < -0.39 is 18.0 Å². The molecule has 3 N–H and O–H groups in total. The second-order valence-electron chi connectivity index (χ2n) is 3.34. The lowest BCUT2D eigenvalue weighted by Crippen LogP contribution is -2.32. The van der Waals surface area contributed by atoms with Crippen LogP contribution in [-0.4, -0.2) is 30.2 Å². The summed E-state index contributed by atoms with van der Waals surface area (Å²) >= 11 is 0. The molecule has 1 rings (SSSR count). The van der Waals surface area contributed by atoms with E-state index in [1.54, 1.807) is 24.3 Å². The number of carbonyl (C=O) groups is 2. The van der Waals surface area contributed by atoms with Crippen molar-refractivity contribution in [2.45, 2.75) is 12.5 Å². The van der Waals surface area contributed by atoms with E-state index in [0.717, 1.165) is 0 Å². The van der Waals surface area contributed by atoms with Crippen LogP contribution in [0.25, 0.3) is 0 Å². The van der Waals surface area contributed by atoms with Crippen molar-refractivity contribution in [1.29, 1.82) is 0 Å². The molecule has 86 valence electrons. The first kappa shape index (κ1) is 12.2. The minimum Gasteiger partial charge on any atom is -0.480 e. The molecule has 0 aliphatic rings. The Hall–Kier alpha value is -1.88. The molecule has 0 bridgehead atoms. The third-order valence-corrected chi connectivity index (χ3v) is 2.12. The number of methoxy groups -OCH3 is 1. The van der Waals surface area contributed by atoms with Crippen LogP contribution in [0.5, 0.6) is 0 Å². The van der Waals surface area contributed by atoms with Crippen LogP contribution in [0, 0.1) is 0 Å². The highest BCUT2D eigenvalue weighted by Gasteiger charge is 2.13. The monoisotopic (exact) mass is 223 g/mol. The van der Waals surface area contributed by atoms with Crippen molar-refractivity contribution in [1.82, 2.24) is 0 Å². The number of carboxylic acids is 1. The van der Waals surface area contributed by atoms with Crippen LogP contribution >= 0.6 is 0 Å². The van der Waals surface area contributed by atoms with Crippen molar-refractivity contribution in [3.63, 3.8) is 0 Å². The molecule has 0 aliphatic carbocycles. The molecule has 0 spiro atoms. The van der Waals surface area contributed by atoms with E-state index in [9.17, 15) is 9.59 Å². The molecular weight excluding hydrogens is 210 g/mol. The van der Waals surface area contributed by atoms with Crippen molar-refractivity contribution in [3.05, 3.63) is 35.4 Å². The van der Waals surface area contributed by atoms with Gasteiger partial charge in [-0.05, 0) is 24.1 Å². The van der Waals surface area contributed by atoms with Crippen molar-refractivity contribution in [2.75, 3.05) is 7.11 Å². The zero-order valence-corrected chi connectivity index (χ0v) is 8.84. The van der Waals surface area contributed by atoms with Gasteiger partial charge >= 0.3 is 11.9 Å². The highest BCUT2D eigenvalue weighted by molar-refractivity contribution is 5.89. The molecule has 0 saturated heterocycles. The maximum Gasteiger partial charge on any atom is 0.337 e. The van der Waals surface area contributed by atoms with Crippen LogP contribution in [0.4, 0.5) is 0 Å². The summed E-state index contributed by atoms with van der Waals surface area (Å²) in [6.07, 6.45) is 0.181. The average Bonchev–Trinajstić information content (AvgIpc) is 2.28. The zero-order valence-electron chi connectivity index (χ0n) is 8.84. The van der Waals surface area contributed by atoms with Gasteiger partial charge in [0.1, 0.15) is 6.04 Å². The van der Waals surface area contributed by atoms with Crippen LogP contribution in [-0.2, 0) is 16.0 Å². The van der Waals surface area contributed by atoms with Gasteiger partial charge in [-0.1, -0.05) is 12.1 Å². The van der Waals surface area contributed by atoms with Gasteiger partial charge in [-0.3, -0.25) is 4.79 Å². The van der Waals surface area contributed by atoms with Crippen LogP contribution < -0.4 is 5.73 Å². The number of hydrogen-bond donors (Lipinski definition) is 2. The fraction of sp³-hybridized carbons (Fsp3) is 0.273. The summed E-state index contributed by atoms with van der Waals surface area (Å²) in [6.45, 7) is 0. The number of benzene rings is 1. The Kier molecular flexibility index (Phi) is 4.02.